The van der Waals surface area contributed by atoms with Crippen molar-refractivity contribution in [2.75, 3.05) is 5.32 Å². The molecule has 0 atom stereocenters. The number of halogens is 2. The molecule has 1 N–H and O–H groups in total. The number of aromatic nitrogens is 2. The smallest absolute Gasteiger partial charge is 0.262 e. The number of carbonyl (C=O) groups is 1. The third-order valence-corrected chi connectivity index (χ3v) is 4.91. The summed E-state index contributed by atoms with van der Waals surface area (Å²) in [6.07, 6.45) is 1.59. The van der Waals surface area contributed by atoms with Crippen molar-refractivity contribution in [1.29, 1.82) is 0 Å². The molecule has 4 aromatic rings. The third kappa shape index (κ3) is 5.18. The number of para-hydroxylation sites is 1. The Bertz CT molecular complexity index is 1220. The summed E-state index contributed by atoms with van der Waals surface area (Å²) in [5.41, 5.74) is 3.44. The number of nitrogens with zero attached hydrogens (tertiary/aromatic N) is 2. The molecule has 0 saturated heterocycles. The molecule has 3 aromatic carbocycles. The molecule has 0 spiro atoms. The van der Waals surface area contributed by atoms with E-state index in [4.69, 9.17) is 4.74 Å². The van der Waals surface area contributed by atoms with Gasteiger partial charge < -0.3 is 10.1 Å². The Morgan fingerprint density at radius 2 is 1.56 bits per heavy atom. The van der Waals surface area contributed by atoms with E-state index in [1.807, 2.05) is 31.2 Å². The molecule has 0 aliphatic heterocycles. The number of anilines is 1. The molecule has 162 valence electrons. The molecule has 1 amide bonds. The van der Waals surface area contributed by atoms with Crippen LogP contribution in [0.2, 0.25) is 0 Å². The molecule has 0 radical (unpaired) electrons. The summed E-state index contributed by atoms with van der Waals surface area (Å²) >= 11 is 0. The fourth-order valence-corrected chi connectivity index (χ4v) is 3.16. The summed E-state index contributed by atoms with van der Waals surface area (Å²) in [5.74, 6) is -0.868. The second-order valence-electron chi connectivity index (χ2n) is 7.36. The van der Waals surface area contributed by atoms with Crippen molar-refractivity contribution >= 4 is 11.6 Å². The van der Waals surface area contributed by atoms with Gasteiger partial charge in [0.15, 0.2) is 0 Å². The normalized spacial score (nSPS) is 10.7. The molecule has 32 heavy (non-hydrogen) atoms. The van der Waals surface area contributed by atoms with Crippen LogP contribution in [0.15, 0.2) is 79.0 Å². The average Bonchev–Trinajstić information content (AvgIpc) is 3.19. The van der Waals surface area contributed by atoms with Gasteiger partial charge in [-0.2, -0.15) is 0 Å². The number of rotatable bonds is 7. The number of hydrogen-bond acceptors (Lipinski definition) is 3. The van der Waals surface area contributed by atoms with Gasteiger partial charge in [-0.3, -0.25) is 9.48 Å². The summed E-state index contributed by atoms with van der Waals surface area (Å²) < 4.78 is 33.8. The summed E-state index contributed by atoms with van der Waals surface area (Å²) in [6, 6.07) is 19.4. The molecular weight excluding hydrogens is 412 g/mol. The Hall–Kier alpha value is -4.00. The minimum absolute atomic E-state index is 0.123. The Morgan fingerprint density at radius 1 is 0.938 bits per heavy atom. The zero-order valence-corrected chi connectivity index (χ0v) is 17.4. The van der Waals surface area contributed by atoms with Gasteiger partial charge in [0.1, 0.15) is 23.8 Å². The van der Waals surface area contributed by atoms with Crippen LogP contribution < -0.4 is 10.1 Å². The first-order chi connectivity index (χ1) is 15.5. The number of hydrogen-bond donors (Lipinski definition) is 1. The Morgan fingerprint density at radius 3 is 2.22 bits per heavy atom. The van der Waals surface area contributed by atoms with Crippen molar-refractivity contribution in [3.63, 3.8) is 0 Å². The van der Waals surface area contributed by atoms with Gasteiger partial charge in [0.25, 0.3) is 5.91 Å². The van der Waals surface area contributed by atoms with Gasteiger partial charge in [-0.25, -0.2) is 8.78 Å². The monoisotopic (exact) mass is 433 g/mol. The molecule has 0 unspecified atom stereocenters. The van der Waals surface area contributed by atoms with Crippen molar-refractivity contribution in [3.05, 3.63) is 113 Å². The molecule has 0 fully saturated rings. The maximum absolute atomic E-state index is 13.2. The van der Waals surface area contributed by atoms with Crippen LogP contribution in [0.3, 0.4) is 0 Å². The van der Waals surface area contributed by atoms with E-state index in [0.717, 1.165) is 16.7 Å². The fourth-order valence-electron chi connectivity index (χ4n) is 3.16. The van der Waals surface area contributed by atoms with E-state index in [2.05, 4.69) is 10.4 Å². The van der Waals surface area contributed by atoms with Crippen LogP contribution in [0, 0.1) is 18.6 Å². The van der Waals surface area contributed by atoms with Gasteiger partial charge in [0, 0.05) is 11.9 Å². The lowest BCUT2D eigenvalue weighted by Gasteiger charge is -2.09. The number of amides is 1. The molecule has 1 aromatic heterocycles. The Balaban J connectivity index is 1.58. The van der Waals surface area contributed by atoms with Gasteiger partial charge in [-0.15, -0.1) is 5.10 Å². The van der Waals surface area contributed by atoms with Gasteiger partial charge in [0.05, 0.1) is 6.54 Å². The van der Waals surface area contributed by atoms with Crippen LogP contribution in [0.4, 0.5) is 14.5 Å². The van der Waals surface area contributed by atoms with Crippen molar-refractivity contribution < 1.29 is 18.3 Å². The highest BCUT2D eigenvalue weighted by Crippen LogP contribution is 2.22. The molecule has 7 heteroatoms. The zero-order valence-electron chi connectivity index (χ0n) is 17.4. The quantitative estimate of drug-likeness (QED) is 0.428. The summed E-state index contributed by atoms with van der Waals surface area (Å²) in [6.45, 7) is 2.36. The highest BCUT2D eigenvalue weighted by Gasteiger charge is 2.19. The largest absolute Gasteiger partial charge is 0.471 e. The highest BCUT2D eigenvalue weighted by molar-refractivity contribution is 6.06. The van der Waals surface area contributed by atoms with Gasteiger partial charge >= 0.3 is 0 Å². The number of ether oxygens (including phenoxy) is 1. The Labute approximate surface area is 184 Å². The molecule has 0 aliphatic rings. The highest BCUT2D eigenvalue weighted by atomic mass is 19.1. The number of carbonyl (C=O) groups excluding carboxylic acids is 1. The van der Waals surface area contributed by atoms with Crippen LogP contribution in [-0.4, -0.2) is 15.7 Å². The molecule has 4 rings (SSSR count). The second-order valence-corrected chi connectivity index (χ2v) is 7.36. The summed E-state index contributed by atoms with van der Waals surface area (Å²) in [5, 5.41) is 7.30. The van der Waals surface area contributed by atoms with E-state index in [0.29, 0.717) is 12.2 Å². The van der Waals surface area contributed by atoms with Crippen LogP contribution in [0.25, 0.3) is 0 Å². The number of nitrogens with one attached hydrogen (secondary N) is 1. The predicted octanol–water partition coefficient (Wildman–Crippen LogP) is 5.35. The zero-order chi connectivity index (χ0) is 22.5. The van der Waals surface area contributed by atoms with Crippen LogP contribution in [-0.2, 0) is 13.2 Å². The molecule has 0 saturated carbocycles. The predicted molar refractivity (Wildman–Crippen MR) is 118 cm³/mol. The van der Waals surface area contributed by atoms with Crippen LogP contribution in [0.1, 0.15) is 27.0 Å². The minimum atomic E-state index is -0.362. The number of aryl methyl sites for hydroxylation is 1. The van der Waals surface area contributed by atoms with Crippen molar-refractivity contribution in [3.8, 4) is 5.88 Å². The lowest BCUT2D eigenvalue weighted by Crippen LogP contribution is -2.13. The first-order valence-electron chi connectivity index (χ1n) is 10.0. The SMILES string of the molecule is Cc1ccccc1NC(=O)c1cn(Cc2ccc(F)cc2)nc1OCc1ccc(F)cc1. The standard InChI is InChI=1S/C25H21F2N3O2/c1-17-4-2-3-5-23(17)28-24(31)22-15-30(14-18-6-10-20(26)11-7-18)29-25(22)32-16-19-8-12-21(27)13-9-19/h2-13,15H,14,16H2,1H3,(H,28,31). The Kier molecular flexibility index (Phi) is 6.26. The first-order valence-corrected chi connectivity index (χ1v) is 10.0. The first kappa shape index (κ1) is 21.2. The van der Waals surface area contributed by atoms with E-state index < -0.39 is 0 Å². The van der Waals surface area contributed by atoms with E-state index in [1.54, 1.807) is 35.1 Å². The van der Waals surface area contributed by atoms with E-state index in [1.165, 1.54) is 24.3 Å². The van der Waals surface area contributed by atoms with Crippen LogP contribution >= 0.6 is 0 Å². The van der Waals surface area contributed by atoms with E-state index >= 15 is 0 Å². The van der Waals surface area contributed by atoms with Crippen LogP contribution in [0.5, 0.6) is 5.88 Å². The lowest BCUT2D eigenvalue weighted by atomic mass is 10.2. The summed E-state index contributed by atoms with van der Waals surface area (Å²) in [4.78, 5) is 13.0. The molecule has 0 aliphatic carbocycles. The molecular formula is C25H21F2N3O2. The van der Waals surface area contributed by atoms with E-state index in [9.17, 15) is 13.6 Å². The number of benzene rings is 3. The van der Waals surface area contributed by atoms with Crippen molar-refractivity contribution in [2.45, 2.75) is 20.1 Å². The van der Waals surface area contributed by atoms with Crippen molar-refractivity contribution in [1.82, 2.24) is 9.78 Å². The third-order valence-electron chi connectivity index (χ3n) is 4.91. The minimum Gasteiger partial charge on any atom is -0.471 e. The maximum Gasteiger partial charge on any atom is 0.262 e. The molecule has 0 bridgehead atoms. The molecule has 1 heterocycles. The van der Waals surface area contributed by atoms with Crippen molar-refractivity contribution in [2.24, 2.45) is 0 Å². The average molecular weight is 433 g/mol. The van der Waals surface area contributed by atoms with Gasteiger partial charge in [-0.05, 0) is 53.9 Å². The summed E-state index contributed by atoms with van der Waals surface area (Å²) in [7, 11) is 0. The van der Waals surface area contributed by atoms with E-state index in [-0.39, 0.29) is 35.6 Å². The fraction of sp³-hybridized carbons (Fsp3) is 0.120. The topological polar surface area (TPSA) is 56.2 Å². The van der Waals surface area contributed by atoms with Gasteiger partial charge in [0.2, 0.25) is 5.88 Å². The molecule has 5 nitrogen and oxygen atoms in total. The lowest BCUT2D eigenvalue weighted by molar-refractivity contribution is 0.102. The maximum atomic E-state index is 13.2. The second kappa shape index (κ2) is 9.43. The van der Waals surface area contributed by atoms with Gasteiger partial charge in [-0.1, -0.05) is 42.5 Å².